The van der Waals surface area contributed by atoms with E-state index in [-0.39, 0.29) is 20.6 Å². The van der Waals surface area contributed by atoms with Gasteiger partial charge in [0.05, 0.1) is 10.6 Å². The predicted molar refractivity (Wildman–Crippen MR) is 145 cm³/mol. The maximum absolute atomic E-state index is 13.5. The number of rotatable bonds is 9. The van der Waals surface area contributed by atoms with E-state index < -0.39 is 22.5 Å². The molecule has 36 heavy (non-hydrogen) atoms. The van der Waals surface area contributed by atoms with Crippen molar-refractivity contribution < 1.29 is 13.2 Å². The number of benzene rings is 3. The molecule has 0 aromatic heterocycles. The third kappa shape index (κ3) is 6.79. The highest BCUT2D eigenvalue weighted by atomic mass is 35.5. The van der Waals surface area contributed by atoms with Crippen LogP contribution in [0.25, 0.3) is 0 Å². The lowest BCUT2D eigenvalue weighted by Crippen LogP contribution is -2.40. The number of hydrogen-bond donors (Lipinski definition) is 1. The maximum atomic E-state index is 13.5. The average molecular weight is 547 g/mol. The Hall–Kier alpha value is -2.58. The molecule has 1 amide bonds. The highest BCUT2D eigenvalue weighted by Crippen LogP contribution is 2.29. The van der Waals surface area contributed by atoms with Crippen molar-refractivity contribution in [2.45, 2.75) is 37.8 Å². The van der Waals surface area contributed by atoms with Crippen LogP contribution in [0, 0.1) is 6.92 Å². The third-order valence-corrected chi connectivity index (χ3v) is 8.34. The van der Waals surface area contributed by atoms with Gasteiger partial charge in [-0.1, -0.05) is 65.2 Å². The molecular weight excluding hydrogens is 517 g/mol. The molecule has 1 N–H and O–H groups in total. The number of carbonyl (C=O) groups is 1. The summed E-state index contributed by atoms with van der Waals surface area (Å²) in [5.74, 6) is -0.438. The van der Waals surface area contributed by atoms with Gasteiger partial charge in [0.2, 0.25) is 5.91 Å². The minimum atomic E-state index is -4.05. The summed E-state index contributed by atoms with van der Waals surface area (Å²) in [7, 11) is -4.05. The highest BCUT2D eigenvalue weighted by molar-refractivity contribution is 7.92. The van der Waals surface area contributed by atoms with E-state index in [2.05, 4.69) is 22.3 Å². The van der Waals surface area contributed by atoms with Crippen LogP contribution in [0.15, 0.2) is 71.6 Å². The molecule has 3 aromatic rings. The van der Waals surface area contributed by atoms with Gasteiger partial charge in [0, 0.05) is 23.1 Å². The number of halogens is 2. The first-order chi connectivity index (χ1) is 17.2. The molecule has 0 saturated carbocycles. The van der Waals surface area contributed by atoms with E-state index in [0.717, 1.165) is 35.1 Å². The summed E-state index contributed by atoms with van der Waals surface area (Å²) in [6, 6.07) is 19.0. The van der Waals surface area contributed by atoms with Crippen molar-refractivity contribution in [3.05, 3.63) is 93.5 Å². The number of nitrogens with zero attached hydrogens (tertiary/aromatic N) is 2. The lowest BCUT2D eigenvalue weighted by atomic mass is 10.1. The Bertz CT molecular complexity index is 1300. The monoisotopic (exact) mass is 545 g/mol. The molecule has 4 rings (SSSR count). The summed E-state index contributed by atoms with van der Waals surface area (Å²) >= 11 is 12.3. The van der Waals surface area contributed by atoms with Crippen molar-refractivity contribution in [3.63, 3.8) is 0 Å². The van der Waals surface area contributed by atoms with Gasteiger partial charge >= 0.3 is 0 Å². The van der Waals surface area contributed by atoms with Crippen molar-refractivity contribution in [3.8, 4) is 0 Å². The molecule has 0 atom stereocenters. The quantitative estimate of drug-likeness (QED) is 0.390. The molecule has 190 valence electrons. The van der Waals surface area contributed by atoms with Gasteiger partial charge in [0.1, 0.15) is 6.54 Å². The van der Waals surface area contributed by atoms with Crippen molar-refractivity contribution in [2.24, 2.45) is 0 Å². The van der Waals surface area contributed by atoms with Gasteiger partial charge in [-0.25, -0.2) is 8.42 Å². The number of nitrogens with one attached hydrogen (secondary N) is 1. The van der Waals surface area contributed by atoms with Gasteiger partial charge in [-0.3, -0.25) is 14.0 Å². The Morgan fingerprint density at radius 3 is 2.25 bits per heavy atom. The van der Waals surface area contributed by atoms with Gasteiger partial charge in [-0.2, -0.15) is 0 Å². The molecule has 0 bridgehead atoms. The third-order valence-electron chi connectivity index (χ3n) is 6.12. The normalized spacial score (nSPS) is 14.1. The zero-order chi connectivity index (χ0) is 25.7. The molecule has 1 fully saturated rings. The van der Waals surface area contributed by atoms with E-state index in [1.54, 1.807) is 12.1 Å². The second-order valence-corrected chi connectivity index (χ2v) is 11.8. The summed E-state index contributed by atoms with van der Waals surface area (Å²) in [4.78, 5) is 15.5. The van der Waals surface area contributed by atoms with Gasteiger partial charge in [-0.15, -0.1) is 0 Å². The van der Waals surface area contributed by atoms with Crippen molar-refractivity contribution in [1.82, 2.24) is 10.2 Å². The summed E-state index contributed by atoms with van der Waals surface area (Å²) in [5, 5.41) is 3.41. The van der Waals surface area contributed by atoms with Crippen LogP contribution < -0.4 is 9.62 Å². The number of amides is 1. The topological polar surface area (TPSA) is 69.7 Å². The highest BCUT2D eigenvalue weighted by Gasteiger charge is 2.28. The number of hydrogen-bond acceptors (Lipinski definition) is 4. The molecular formula is C27H29Cl2N3O3S. The molecule has 0 aliphatic carbocycles. The lowest BCUT2D eigenvalue weighted by molar-refractivity contribution is -0.119. The zero-order valence-corrected chi connectivity index (χ0v) is 22.4. The predicted octanol–water partition coefficient (Wildman–Crippen LogP) is 5.41. The van der Waals surface area contributed by atoms with Crippen LogP contribution in [0.5, 0.6) is 0 Å². The van der Waals surface area contributed by atoms with Crippen LogP contribution in [0.3, 0.4) is 0 Å². The van der Waals surface area contributed by atoms with Crippen molar-refractivity contribution in [2.75, 3.05) is 23.9 Å². The summed E-state index contributed by atoms with van der Waals surface area (Å²) < 4.78 is 28.1. The summed E-state index contributed by atoms with van der Waals surface area (Å²) in [6.07, 6.45) is 2.46. The number of sulfonamides is 1. The lowest BCUT2D eigenvalue weighted by Gasteiger charge is -2.24. The number of likely N-dealkylation sites (tertiary alicyclic amines) is 1. The standard InChI is InChI=1S/C27H29Cl2N3O3S/c1-20-7-9-26(10-8-20)36(34,35)32(25-15-23(28)14-24(29)16-25)19-27(33)30-17-21-5-4-6-22(13-21)18-31-11-2-3-12-31/h4-10,13-16H,2-3,11-12,17-19H2,1H3,(H,30,33). The summed E-state index contributed by atoms with van der Waals surface area (Å²) in [5.41, 5.74) is 3.30. The minimum Gasteiger partial charge on any atom is -0.350 e. The first-order valence-electron chi connectivity index (χ1n) is 11.8. The largest absolute Gasteiger partial charge is 0.350 e. The zero-order valence-electron chi connectivity index (χ0n) is 20.1. The van der Waals surface area contributed by atoms with E-state index >= 15 is 0 Å². The Morgan fingerprint density at radius 1 is 0.944 bits per heavy atom. The molecule has 0 unspecified atom stereocenters. The molecule has 6 nitrogen and oxygen atoms in total. The van der Waals surface area contributed by atoms with E-state index in [9.17, 15) is 13.2 Å². The first-order valence-corrected chi connectivity index (χ1v) is 14.0. The van der Waals surface area contributed by atoms with E-state index in [0.29, 0.717) is 6.54 Å². The van der Waals surface area contributed by atoms with Crippen LogP contribution in [-0.2, 0) is 27.9 Å². The van der Waals surface area contributed by atoms with Crippen LogP contribution in [0.1, 0.15) is 29.5 Å². The molecule has 1 saturated heterocycles. The van der Waals surface area contributed by atoms with Crippen LogP contribution in [0.2, 0.25) is 10.0 Å². The van der Waals surface area contributed by atoms with Crippen molar-refractivity contribution >= 4 is 44.8 Å². The first kappa shape index (κ1) is 26.5. The second-order valence-electron chi connectivity index (χ2n) is 9.03. The van der Waals surface area contributed by atoms with Crippen molar-refractivity contribution in [1.29, 1.82) is 0 Å². The Morgan fingerprint density at radius 2 is 1.58 bits per heavy atom. The van der Waals surface area contributed by atoms with Crippen LogP contribution in [0.4, 0.5) is 5.69 Å². The summed E-state index contributed by atoms with van der Waals surface area (Å²) in [6.45, 7) is 4.86. The van der Waals surface area contributed by atoms with Gasteiger partial charge in [-0.05, 0) is 74.3 Å². The fourth-order valence-corrected chi connectivity index (χ4v) is 6.18. The van der Waals surface area contributed by atoms with Gasteiger partial charge < -0.3 is 5.32 Å². The molecule has 0 radical (unpaired) electrons. The minimum absolute atomic E-state index is 0.0756. The van der Waals surface area contributed by atoms with Crippen LogP contribution >= 0.6 is 23.2 Å². The average Bonchev–Trinajstić information content (AvgIpc) is 3.34. The fraction of sp³-hybridized carbons (Fsp3) is 0.296. The smallest absolute Gasteiger partial charge is 0.264 e. The van der Waals surface area contributed by atoms with Gasteiger partial charge in [0.25, 0.3) is 10.0 Å². The molecule has 0 spiro atoms. The molecule has 1 heterocycles. The second kappa shape index (κ2) is 11.6. The SMILES string of the molecule is Cc1ccc(S(=O)(=O)N(CC(=O)NCc2cccc(CN3CCCC3)c2)c2cc(Cl)cc(Cl)c2)cc1. The maximum Gasteiger partial charge on any atom is 0.264 e. The molecule has 9 heteroatoms. The van der Waals surface area contributed by atoms with Crippen LogP contribution in [-0.4, -0.2) is 38.9 Å². The molecule has 1 aliphatic rings. The number of aryl methyl sites for hydroxylation is 1. The number of carbonyl (C=O) groups excluding carboxylic acids is 1. The Labute approximate surface area is 222 Å². The fourth-order valence-electron chi connectivity index (χ4n) is 4.26. The molecule has 3 aromatic carbocycles. The Balaban J connectivity index is 1.51. The van der Waals surface area contributed by atoms with E-state index in [1.807, 2.05) is 19.1 Å². The van der Waals surface area contributed by atoms with Gasteiger partial charge in [0.15, 0.2) is 0 Å². The van der Waals surface area contributed by atoms with E-state index in [4.69, 9.17) is 23.2 Å². The molecule has 1 aliphatic heterocycles. The van der Waals surface area contributed by atoms with E-state index in [1.165, 1.54) is 48.7 Å². The Kier molecular flexibility index (Phi) is 8.57. The number of anilines is 1.